The minimum Gasteiger partial charge on any atom is -0.481 e. The minimum absolute atomic E-state index is 0.176. The van der Waals surface area contributed by atoms with Crippen LogP contribution in [0.15, 0.2) is 36.5 Å². The first-order chi connectivity index (χ1) is 9.17. The predicted octanol–water partition coefficient (Wildman–Crippen LogP) is 1.77. The summed E-state index contributed by atoms with van der Waals surface area (Å²) in [5.74, 6) is 0.945. The lowest BCUT2D eigenvalue weighted by molar-refractivity contribution is 0.259. The number of carbonyl (C=O) groups excluding carboxylic acids is 1. The van der Waals surface area contributed by atoms with Gasteiger partial charge in [0.05, 0.1) is 7.11 Å². The Kier molecular flexibility index (Phi) is 3.77. The number of amides is 2. The molecule has 0 fully saturated rings. The van der Waals surface area contributed by atoms with Crippen LogP contribution in [0, 0.1) is 0 Å². The summed E-state index contributed by atoms with van der Waals surface area (Å²) in [6, 6.07) is 7.80. The maximum Gasteiger partial charge on any atom is 0.325 e. The van der Waals surface area contributed by atoms with E-state index in [1.165, 1.54) is 13.3 Å². The Balaban J connectivity index is 2.08. The molecule has 0 bridgehead atoms. The Hall–Kier alpha value is -2.83. The molecule has 0 spiro atoms. The lowest BCUT2D eigenvalue weighted by atomic mass is 10.3. The maximum atomic E-state index is 10.7. The molecule has 1 aromatic carbocycles. The van der Waals surface area contributed by atoms with E-state index in [4.69, 9.17) is 15.2 Å². The van der Waals surface area contributed by atoms with Gasteiger partial charge in [-0.3, -0.25) is 0 Å². The van der Waals surface area contributed by atoms with Gasteiger partial charge in [0, 0.05) is 18.0 Å². The lowest BCUT2D eigenvalue weighted by Gasteiger charge is -2.06. The second kappa shape index (κ2) is 5.67. The van der Waals surface area contributed by atoms with Crippen molar-refractivity contribution in [1.82, 2.24) is 9.97 Å². The molecule has 0 aliphatic carbocycles. The molecule has 2 amide bonds. The molecule has 0 aliphatic heterocycles. The van der Waals surface area contributed by atoms with Crippen LogP contribution < -0.4 is 20.5 Å². The Morgan fingerprint density at radius 1 is 1.26 bits per heavy atom. The fourth-order valence-corrected chi connectivity index (χ4v) is 1.34. The summed E-state index contributed by atoms with van der Waals surface area (Å²) >= 11 is 0. The first kappa shape index (κ1) is 12.6. The van der Waals surface area contributed by atoms with Crippen LogP contribution in [0.1, 0.15) is 0 Å². The summed E-state index contributed by atoms with van der Waals surface area (Å²) < 4.78 is 10.4. The number of nitrogens with one attached hydrogen (secondary N) is 1. The van der Waals surface area contributed by atoms with Crippen molar-refractivity contribution in [3.8, 4) is 17.6 Å². The van der Waals surface area contributed by atoms with E-state index in [0.717, 1.165) is 0 Å². The molecule has 19 heavy (non-hydrogen) atoms. The van der Waals surface area contributed by atoms with Crippen molar-refractivity contribution in [3.05, 3.63) is 36.5 Å². The second-order valence-corrected chi connectivity index (χ2v) is 3.50. The number of nitrogens with zero attached hydrogens (tertiary/aromatic N) is 2. The van der Waals surface area contributed by atoms with Crippen molar-refractivity contribution in [3.63, 3.8) is 0 Å². The molecule has 2 aromatic rings. The molecule has 1 aromatic heterocycles. The molecule has 3 N–H and O–H groups in total. The van der Waals surface area contributed by atoms with E-state index in [2.05, 4.69) is 15.3 Å². The zero-order valence-corrected chi connectivity index (χ0v) is 10.2. The standard InChI is InChI=1S/C12H12N4O3/c1-18-10-6-7-14-12(16-10)19-9-4-2-8(3-5-9)15-11(13)17/h2-7H,1H3,(H3,13,15,17). The van der Waals surface area contributed by atoms with Gasteiger partial charge in [-0.1, -0.05) is 0 Å². The van der Waals surface area contributed by atoms with Gasteiger partial charge >= 0.3 is 12.0 Å². The highest BCUT2D eigenvalue weighted by Crippen LogP contribution is 2.21. The fourth-order valence-electron chi connectivity index (χ4n) is 1.34. The highest BCUT2D eigenvalue weighted by atomic mass is 16.5. The summed E-state index contributed by atoms with van der Waals surface area (Å²) in [6.45, 7) is 0. The monoisotopic (exact) mass is 260 g/mol. The van der Waals surface area contributed by atoms with E-state index in [1.54, 1.807) is 30.3 Å². The smallest absolute Gasteiger partial charge is 0.325 e. The van der Waals surface area contributed by atoms with Crippen LogP contribution in [0.25, 0.3) is 0 Å². The fraction of sp³-hybridized carbons (Fsp3) is 0.0833. The Bertz CT molecular complexity index is 571. The average Bonchev–Trinajstić information content (AvgIpc) is 2.41. The van der Waals surface area contributed by atoms with E-state index < -0.39 is 6.03 Å². The lowest BCUT2D eigenvalue weighted by Crippen LogP contribution is -2.19. The molecular weight excluding hydrogens is 248 g/mol. The molecule has 0 saturated heterocycles. The SMILES string of the molecule is COc1ccnc(Oc2ccc(NC(N)=O)cc2)n1. The topological polar surface area (TPSA) is 99.4 Å². The molecular formula is C12H12N4O3. The van der Waals surface area contributed by atoms with Crippen molar-refractivity contribution in [2.24, 2.45) is 5.73 Å². The molecule has 0 atom stereocenters. The van der Waals surface area contributed by atoms with E-state index in [1.807, 2.05) is 0 Å². The number of ether oxygens (including phenoxy) is 2. The number of urea groups is 1. The van der Waals surface area contributed by atoms with Gasteiger partial charge in [-0.2, -0.15) is 4.98 Å². The first-order valence-corrected chi connectivity index (χ1v) is 5.39. The molecule has 98 valence electrons. The molecule has 7 nitrogen and oxygen atoms in total. The number of hydrogen-bond acceptors (Lipinski definition) is 5. The molecule has 0 aliphatic rings. The van der Waals surface area contributed by atoms with E-state index in [9.17, 15) is 4.79 Å². The molecule has 7 heteroatoms. The van der Waals surface area contributed by atoms with Crippen molar-refractivity contribution in [2.45, 2.75) is 0 Å². The van der Waals surface area contributed by atoms with Crippen LogP contribution in [-0.2, 0) is 0 Å². The van der Waals surface area contributed by atoms with Gasteiger partial charge in [0.15, 0.2) is 0 Å². The zero-order valence-electron chi connectivity index (χ0n) is 10.2. The zero-order chi connectivity index (χ0) is 13.7. The van der Waals surface area contributed by atoms with Crippen LogP contribution >= 0.6 is 0 Å². The van der Waals surface area contributed by atoms with Gasteiger partial charge in [-0.05, 0) is 24.3 Å². The number of anilines is 1. The van der Waals surface area contributed by atoms with Crippen molar-refractivity contribution in [1.29, 1.82) is 0 Å². The number of primary amides is 1. The third kappa shape index (κ3) is 3.56. The summed E-state index contributed by atoms with van der Waals surface area (Å²) in [5, 5.41) is 2.45. The third-order valence-electron chi connectivity index (χ3n) is 2.15. The normalized spacial score (nSPS) is 9.74. The van der Waals surface area contributed by atoms with Crippen molar-refractivity contribution in [2.75, 3.05) is 12.4 Å². The molecule has 2 rings (SSSR count). The summed E-state index contributed by atoms with van der Waals surface area (Å²) in [6.07, 6.45) is 1.53. The van der Waals surface area contributed by atoms with E-state index in [0.29, 0.717) is 17.3 Å². The Morgan fingerprint density at radius 2 is 2.00 bits per heavy atom. The highest BCUT2D eigenvalue weighted by Gasteiger charge is 2.03. The average molecular weight is 260 g/mol. The van der Waals surface area contributed by atoms with Gasteiger partial charge in [0.25, 0.3) is 0 Å². The summed E-state index contributed by atoms with van der Waals surface area (Å²) in [5.41, 5.74) is 5.58. The van der Waals surface area contributed by atoms with Crippen molar-refractivity contribution < 1.29 is 14.3 Å². The van der Waals surface area contributed by atoms with Crippen LogP contribution in [0.2, 0.25) is 0 Å². The predicted molar refractivity (Wildman–Crippen MR) is 68.3 cm³/mol. The number of benzene rings is 1. The number of nitrogens with two attached hydrogens (primary N) is 1. The largest absolute Gasteiger partial charge is 0.481 e. The quantitative estimate of drug-likeness (QED) is 0.872. The van der Waals surface area contributed by atoms with Crippen LogP contribution in [0.3, 0.4) is 0 Å². The van der Waals surface area contributed by atoms with Gasteiger partial charge in [-0.25, -0.2) is 9.78 Å². The third-order valence-corrected chi connectivity index (χ3v) is 2.15. The minimum atomic E-state index is -0.621. The number of aromatic nitrogens is 2. The second-order valence-electron chi connectivity index (χ2n) is 3.50. The number of methoxy groups -OCH3 is 1. The molecule has 1 heterocycles. The number of carbonyl (C=O) groups is 1. The van der Waals surface area contributed by atoms with Crippen LogP contribution in [0.5, 0.6) is 17.6 Å². The van der Waals surface area contributed by atoms with E-state index >= 15 is 0 Å². The summed E-state index contributed by atoms with van der Waals surface area (Å²) in [7, 11) is 1.51. The van der Waals surface area contributed by atoms with Gasteiger partial charge in [-0.15, -0.1) is 0 Å². The summed E-state index contributed by atoms with van der Waals surface area (Å²) in [4.78, 5) is 18.6. The van der Waals surface area contributed by atoms with Crippen LogP contribution in [0.4, 0.5) is 10.5 Å². The molecule has 0 unspecified atom stereocenters. The van der Waals surface area contributed by atoms with Gasteiger partial charge in [0.1, 0.15) is 5.75 Å². The van der Waals surface area contributed by atoms with Gasteiger partial charge in [0.2, 0.25) is 5.88 Å². The Morgan fingerprint density at radius 3 is 2.63 bits per heavy atom. The first-order valence-electron chi connectivity index (χ1n) is 5.39. The number of hydrogen-bond donors (Lipinski definition) is 2. The van der Waals surface area contributed by atoms with Crippen LogP contribution in [-0.4, -0.2) is 23.1 Å². The Labute approximate surface area is 109 Å². The molecule has 0 saturated carbocycles. The maximum absolute atomic E-state index is 10.7. The van der Waals surface area contributed by atoms with E-state index in [-0.39, 0.29) is 6.01 Å². The molecule has 0 radical (unpaired) electrons. The van der Waals surface area contributed by atoms with Gasteiger partial charge < -0.3 is 20.5 Å². The number of rotatable bonds is 4. The highest BCUT2D eigenvalue weighted by molar-refractivity contribution is 5.87. The van der Waals surface area contributed by atoms with Crippen molar-refractivity contribution >= 4 is 11.7 Å².